The second-order valence-electron chi connectivity index (χ2n) is 15.7. The Kier molecular flexibility index (Phi) is 41.5. The zero-order valence-electron chi connectivity index (χ0n) is 36.3. The molecule has 0 amide bonds. The summed E-state index contributed by atoms with van der Waals surface area (Å²) in [6, 6.07) is 0. The van der Waals surface area contributed by atoms with E-state index >= 15 is 0 Å². The number of carbonyl (C=O) groups excluding carboxylic acids is 2. The zero-order chi connectivity index (χ0) is 41.1. The van der Waals surface area contributed by atoms with Crippen LogP contribution in [0.5, 0.6) is 0 Å². The molecule has 56 heavy (non-hydrogen) atoms. The smallest absolute Gasteiger partial charge is 0.462 e. The normalized spacial score (nSPS) is 12.7. The molecule has 0 aromatic carbocycles. The minimum atomic E-state index is -4.76. The number of hydrogen-bond donors (Lipinski definition) is 2. The molecule has 0 aromatic heterocycles. The van der Waals surface area contributed by atoms with Gasteiger partial charge >= 0.3 is 19.8 Å². The third-order valence-corrected chi connectivity index (χ3v) is 10.6. The van der Waals surface area contributed by atoms with Crippen LogP contribution < -0.4 is 0 Å². The van der Waals surface area contributed by atoms with Gasteiger partial charge in [0.25, 0.3) is 0 Å². The Morgan fingerprint density at radius 3 is 1.23 bits per heavy atom. The van der Waals surface area contributed by atoms with E-state index < -0.39 is 32.5 Å². The van der Waals surface area contributed by atoms with Crippen molar-refractivity contribution in [3.05, 3.63) is 36.5 Å². The Morgan fingerprint density at radius 2 is 0.804 bits per heavy atom. The standard InChI is InChI=1S/C47H87O8P/c1-3-5-7-9-11-13-15-17-19-20-21-22-23-24-25-26-28-29-31-33-35-37-39-41-46(48)53-43-45(44-54-56(50,51)52)55-47(49)42-40-38-36-34-32-30-27-18-16-14-12-10-8-6-4-2/h12,14,18,20-21,27,45H,3-11,13,15-17,19,22-26,28-44H2,1-2H3,(H2,50,51,52)/b14-12-,21-20-,27-18-. The maximum Gasteiger partial charge on any atom is 0.469 e. The summed E-state index contributed by atoms with van der Waals surface area (Å²) in [6.07, 6.45) is 51.6. The van der Waals surface area contributed by atoms with E-state index in [4.69, 9.17) is 19.3 Å². The number of allylic oxidation sites excluding steroid dienone is 6. The molecule has 0 saturated carbocycles. The first kappa shape index (κ1) is 54.3. The fourth-order valence-electron chi connectivity index (χ4n) is 6.63. The van der Waals surface area contributed by atoms with Crippen molar-refractivity contribution < 1.29 is 37.9 Å². The molecule has 0 aromatic rings. The molecule has 8 nitrogen and oxygen atoms in total. The van der Waals surface area contributed by atoms with E-state index in [1.807, 2.05) is 0 Å². The van der Waals surface area contributed by atoms with E-state index in [1.54, 1.807) is 0 Å². The van der Waals surface area contributed by atoms with Gasteiger partial charge in [0, 0.05) is 12.8 Å². The van der Waals surface area contributed by atoms with Crippen LogP contribution in [0.2, 0.25) is 0 Å². The Balaban J connectivity index is 3.83. The average molecular weight is 811 g/mol. The highest BCUT2D eigenvalue weighted by Crippen LogP contribution is 2.36. The summed E-state index contributed by atoms with van der Waals surface area (Å²) < 4.78 is 26.4. The van der Waals surface area contributed by atoms with Crippen LogP contribution in [0.3, 0.4) is 0 Å². The largest absolute Gasteiger partial charge is 0.469 e. The van der Waals surface area contributed by atoms with Crippen LogP contribution in [0.4, 0.5) is 0 Å². The van der Waals surface area contributed by atoms with Crippen LogP contribution in [-0.4, -0.2) is 41.0 Å². The number of unbranched alkanes of at least 4 members (excludes halogenated alkanes) is 27. The van der Waals surface area contributed by atoms with Gasteiger partial charge in [-0.1, -0.05) is 185 Å². The van der Waals surface area contributed by atoms with Gasteiger partial charge in [-0.3, -0.25) is 14.1 Å². The molecule has 0 bridgehead atoms. The molecule has 1 unspecified atom stereocenters. The summed E-state index contributed by atoms with van der Waals surface area (Å²) in [6.45, 7) is 3.67. The fraction of sp³-hybridized carbons (Fsp3) is 0.830. The highest BCUT2D eigenvalue weighted by Gasteiger charge is 2.23. The van der Waals surface area contributed by atoms with Gasteiger partial charge < -0.3 is 19.3 Å². The monoisotopic (exact) mass is 811 g/mol. The lowest BCUT2D eigenvalue weighted by Gasteiger charge is -2.18. The van der Waals surface area contributed by atoms with Crippen molar-refractivity contribution in [2.24, 2.45) is 0 Å². The Hall–Kier alpha value is -1.73. The third-order valence-electron chi connectivity index (χ3n) is 10.1. The number of carbonyl (C=O) groups is 2. The predicted octanol–water partition coefficient (Wildman–Crippen LogP) is 14.5. The minimum Gasteiger partial charge on any atom is -0.462 e. The van der Waals surface area contributed by atoms with E-state index in [9.17, 15) is 14.2 Å². The van der Waals surface area contributed by atoms with Crippen molar-refractivity contribution in [2.45, 2.75) is 238 Å². The van der Waals surface area contributed by atoms with Crippen LogP contribution in [0, 0.1) is 0 Å². The van der Waals surface area contributed by atoms with Crippen molar-refractivity contribution >= 4 is 19.8 Å². The Labute approximate surface area is 344 Å². The molecule has 0 aliphatic heterocycles. The molecule has 0 aliphatic carbocycles. The van der Waals surface area contributed by atoms with Crippen LogP contribution in [0.25, 0.3) is 0 Å². The summed E-state index contributed by atoms with van der Waals surface area (Å²) >= 11 is 0. The summed E-state index contributed by atoms with van der Waals surface area (Å²) in [4.78, 5) is 42.9. The first-order chi connectivity index (χ1) is 27.3. The molecule has 0 heterocycles. The number of hydrogen-bond acceptors (Lipinski definition) is 6. The Bertz CT molecular complexity index is 1000. The minimum absolute atomic E-state index is 0.197. The fourth-order valence-corrected chi connectivity index (χ4v) is 6.99. The van der Waals surface area contributed by atoms with Gasteiger partial charge in [-0.05, 0) is 70.6 Å². The van der Waals surface area contributed by atoms with E-state index in [2.05, 4.69) is 54.8 Å². The first-order valence-electron chi connectivity index (χ1n) is 23.3. The van der Waals surface area contributed by atoms with Gasteiger partial charge in [0.2, 0.25) is 0 Å². The number of rotatable bonds is 43. The molecule has 0 radical (unpaired) electrons. The molecular weight excluding hydrogens is 723 g/mol. The van der Waals surface area contributed by atoms with E-state index in [0.29, 0.717) is 6.42 Å². The van der Waals surface area contributed by atoms with Gasteiger partial charge in [0.05, 0.1) is 6.61 Å². The van der Waals surface area contributed by atoms with Crippen LogP contribution in [0.15, 0.2) is 36.5 Å². The maximum atomic E-state index is 12.4. The van der Waals surface area contributed by atoms with Gasteiger partial charge in [0.1, 0.15) is 6.61 Å². The molecule has 0 spiro atoms. The molecule has 0 aliphatic rings. The molecule has 0 fully saturated rings. The molecule has 1 atom stereocenters. The number of phosphoric acid groups is 1. The Morgan fingerprint density at radius 1 is 0.464 bits per heavy atom. The van der Waals surface area contributed by atoms with Crippen LogP contribution in [0.1, 0.15) is 232 Å². The first-order valence-corrected chi connectivity index (χ1v) is 24.8. The summed E-state index contributed by atoms with van der Waals surface area (Å²) in [5.41, 5.74) is 0. The quantitative estimate of drug-likeness (QED) is 0.0270. The van der Waals surface area contributed by atoms with Crippen molar-refractivity contribution in [1.82, 2.24) is 0 Å². The van der Waals surface area contributed by atoms with E-state index in [0.717, 1.165) is 57.8 Å². The lowest BCUT2D eigenvalue weighted by molar-refractivity contribution is -0.161. The number of esters is 2. The van der Waals surface area contributed by atoms with E-state index in [-0.39, 0.29) is 19.4 Å². The van der Waals surface area contributed by atoms with E-state index in [1.165, 1.54) is 141 Å². The summed E-state index contributed by atoms with van der Waals surface area (Å²) in [5, 5.41) is 0. The van der Waals surface area contributed by atoms with Crippen molar-refractivity contribution in [2.75, 3.05) is 13.2 Å². The van der Waals surface area contributed by atoms with Crippen molar-refractivity contribution in [3.8, 4) is 0 Å². The van der Waals surface area contributed by atoms with Gasteiger partial charge in [-0.25, -0.2) is 4.57 Å². The summed E-state index contributed by atoms with van der Waals surface area (Å²) in [5.74, 6) is -0.895. The summed E-state index contributed by atoms with van der Waals surface area (Å²) in [7, 11) is -4.76. The molecule has 0 saturated heterocycles. The second kappa shape index (κ2) is 42.9. The lowest BCUT2D eigenvalue weighted by atomic mass is 10.0. The van der Waals surface area contributed by atoms with Gasteiger partial charge in [0.15, 0.2) is 6.10 Å². The van der Waals surface area contributed by atoms with Crippen molar-refractivity contribution in [3.63, 3.8) is 0 Å². The number of ether oxygens (including phenoxy) is 2. The molecular formula is C47H87O8P. The topological polar surface area (TPSA) is 119 Å². The average Bonchev–Trinajstić information content (AvgIpc) is 3.17. The van der Waals surface area contributed by atoms with Crippen molar-refractivity contribution in [1.29, 1.82) is 0 Å². The SMILES string of the molecule is CCCCC/C=C\C/C=C\CCCCCCCC(=O)OC(COC(=O)CCCCCCCCCCCCC/C=C\CCCCCCCCCC)COP(=O)(O)O. The van der Waals surface area contributed by atoms with Gasteiger partial charge in [-0.2, -0.15) is 0 Å². The maximum absolute atomic E-state index is 12.4. The lowest BCUT2D eigenvalue weighted by Crippen LogP contribution is -2.29. The highest BCUT2D eigenvalue weighted by molar-refractivity contribution is 7.46. The molecule has 328 valence electrons. The van der Waals surface area contributed by atoms with Crippen LogP contribution in [-0.2, 0) is 28.2 Å². The van der Waals surface area contributed by atoms with Gasteiger partial charge in [-0.15, -0.1) is 0 Å². The zero-order valence-corrected chi connectivity index (χ0v) is 37.2. The third kappa shape index (κ3) is 45.0. The van der Waals surface area contributed by atoms with Crippen LogP contribution >= 0.6 is 7.82 Å². The molecule has 2 N–H and O–H groups in total. The molecule has 0 rings (SSSR count). The second-order valence-corrected chi connectivity index (χ2v) is 17.0. The molecule has 9 heteroatoms. The number of phosphoric ester groups is 1. The predicted molar refractivity (Wildman–Crippen MR) is 235 cm³/mol. The highest BCUT2D eigenvalue weighted by atomic mass is 31.2.